The third-order valence-electron chi connectivity index (χ3n) is 5.93. The molecule has 1 amide bonds. The molecule has 5 nitrogen and oxygen atoms in total. The van der Waals surface area contributed by atoms with E-state index in [1.807, 2.05) is 37.3 Å². The van der Waals surface area contributed by atoms with Gasteiger partial charge in [-0.3, -0.25) is 4.79 Å². The maximum Gasteiger partial charge on any atom is 0.255 e. The first-order chi connectivity index (χ1) is 13.2. The van der Waals surface area contributed by atoms with Crippen LogP contribution in [0.2, 0.25) is 0 Å². The molecule has 0 bridgehead atoms. The van der Waals surface area contributed by atoms with Crippen molar-refractivity contribution in [3.8, 4) is 5.75 Å². The van der Waals surface area contributed by atoms with Crippen molar-refractivity contribution in [2.24, 2.45) is 0 Å². The quantitative estimate of drug-likeness (QED) is 0.778. The van der Waals surface area contributed by atoms with Crippen LogP contribution < -0.4 is 15.4 Å². The normalized spacial score (nSPS) is 23.0. The van der Waals surface area contributed by atoms with Crippen molar-refractivity contribution < 1.29 is 14.6 Å². The van der Waals surface area contributed by atoms with E-state index in [2.05, 4.69) is 16.7 Å². The molecule has 0 unspecified atom stereocenters. The number of nitrogens with one attached hydrogen (secondary N) is 2. The summed E-state index contributed by atoms with van der Waals surface area (Å²) in [4.78, 5) is 13.0. The minimum Gasteiger partial charge on any atom is -0.493 e. The molecule has 5 heteroatoms. The molecule has 1 saturated heterocycles. The third kappa shape index (κ3) is 3.01. The van der Waals surface area contributed by atoms with Gasteiger partial charge in [0.1, 0.15) is 5.75 Å². The predicted octanol–water partition coefficient (Wildman–Crippen LogP) is 2.55. The average molecular weight is 366 g/mol. The van der Waals surface area contributed by atoms with Gasteiger partial charge in [-0.1, -0.05) is 36.4 Å². The number of rotatable bonds is 4. The molecule has 1 fully saturated rings. The Hall–Kier alpha value is -2.37. The van der Waals surface area contributed by atoms with Crippen LogP contribution in [0, 0.1) is 0 Å². The number of carbonyl (C=O) groups excluding carboxylic acids is 1. The van der Waals surface area contributed by atoms with Gasteiger partial charge in [0.05, 0.1) is 24.3 Å². The van der Waals surface area contributed by atoms with E-state index in [4.69, 9.17) is 4.74 Å². The fourth-order valence-electron chi connectivity index (χ4n) is 4.62. The van der Waals surface area contributed by atoms with Crippen LogP contribution in [0.15, 0.2) is 48.5 Å². The third-order valence-corrected chi connectivity index (χ3v) is 5.93. The van der Waals surface area contributed by atoms with Gasteiger partial charge >= 0.3 is 0 Å². The Kier molecular flexibility index (Phi) is 4.89. The van der Waals surface area contributed by atoms with E-state index >= 15 is 0 Å². The van der Waals surface area contributed by atoms with Crippen molar-refractivity contribution in [2.75, 3.05) is 19.7 Å². The fraction of sp³-hybridized carbons (Fsp3) is 0.409. The van der Waals surface area contributed by atoms with Crippen molar-refractivity contribution in [3.63, 3.8) is 0 Å². The van der Waals surface area contributed by atoms with E-state index < -0.39 is 12.1 Å². The molecule has 2 atom stereocenters. The summed E-state index contributed by atoms with van der Waals surface area (Å²) >= 11 is 0. The second kappa shape index (κ2) is 7.33. The summed E-state index contributed by atoms with van der Waals surface area (Å²) in [6, 6.07) is 14.9. The van der Waals surface area contributed by atoms with E-state index in [1.165, 1.54) is 5.56 Å². The molecule has 0 radical (unpaired) electrons. The number of fused-ring (bicyclic) bond motifs is 2. The van der Waals surface area contributed by atoms with Crippen LogP contribution >= 0.6 is 0 Å². The summed E-state index contributed by atoms with van der Waals surface area (Å²) in [5.41, 5.74) is 2.39. The number of amides is 1. The summed E-state index contributed by atoms with van der Waals surface area (Å²) in [6.45, 7) is 4.14. The molecular formula is C22H26N2O3. The number of carbonyl (C=O) groups is 1. The monoisotopic (exact) mass is 366 g/mol. The molecule has 1 spiro atoms. The van der Waals surface area contributed by atoms with E-state index in [0.29, 0.717) is 17.9 Å². The van der Waals surface area contributed by atoms with Crippen molar-refractivity contribution in [1.29, 1.82) is 0 Å². The molecule has 3 N–H and O–H groups in total. The predicted molar refractivity (Wildman–Crippen MR) is 104 cm³/mol. The molecule has 0 saturated carbocycles. The lowest BCUT2D eigenvalue weighted by Crippen LogP contribution is -2.48. The number of para-hydroxylation sites is 1. The molecule has 1 aliphatic heterocycles. The van der Waals surface area contributed by atoms with E-state index in [1.54, 1.807) is 12.1 Å². The maximum absolute atomic E-state index is 13.0. The molecule has 142 valence electrons. The van der Waals surface area contributed by atoms with Crippen LogP contribution in [-0.2, 0) is 5.41 Å². The van der Waals surface area contributed by atoms with E-state index in [9.17, 15) is 9.90 Å². The molecule has 1 aliphatic carbocycles. The summed E-state index contributed by atoms with van der Waals surface area (Å²) in [5.74, 6) is 0.346. The van der Waals surface area contributed by atoms with Crippen LogP contribution in [0.5, 0.6) is 5.75 Å². The van der Waals surface area contributed by atoms with Crippen molar-refractivity contribution >= 4 is 5.91 Å². The zero-order valence-electron chi connectivity index (χ0n) is 15.6. The Bertz CT molecular complexity index is 830. The Morgan fingerprint density at radius 1 is 1.19 bits per heavy atom. The largest absolute Gasteiger partial charge is 0.493 e. The number of ether oxygens (including phenoxy) is 1. The second-order valence-electron chi connectivity index (χ2n) is 7.32. The standard InChI is InChI=1S/C22H26N2O3/c1-2-27-18-10-6-4-8-16(18)21(26)24-19-15-7-3-5-9-17(15)22(20(19)25)11-13-23-14-12-22/h3-10,19-20,23,25H,2,11-14H2,1H3,(H,24,26)/t19-,20+/m0/s1. The number of piperidine rings is 1. The van der Waals surface area contributed by atoms with Crippen LogP contribution in [-0.4, -0.2) is 36.8 Å². The minimum atomic E-state index is -0.639. The van der Waals surface area contributed by atoms with Gasteiger partial charge in [-0.25, -0.2) is 0 Å². The van der Waals surface area contributed by atoms with Gasteiger partial charge in [-0.05, 0) is 56.1 Å². The summed E-state index contributed by atoms with van der Waals surface area (Å²) in [7, 11) is 0. The van der Waals surface area contributed by atoms with Crippen molar-refractivity contribution in [2.45, 2.75) is 37.3 Å². The number of aliphatic hydroxyl groups excluding tert-OH is 1. The molecule has 4 rings (SSSR count). The van der Waals surface area contributed by atoms with Gasteiger partial charge in [0.25, 0.3) is 5.91 Å². The Balaban J connectivity index is 1.66. The lowest BCUT2D eigenvalue weighted by Gasteiger charge is -2.38. The SMILES string of the molecule is CCOc1ccccc1C(=O)N[C@H]1c2ccccc2C2(CCNCC2)[C@@H]1O. The Labute approximate surface area is 159 Å². The highest BCUT2D eigenvalue weighted by atomic mass is 16.5. The lowest BCUT2D eigenvalue weighted by molar-refractivity contribution is 0.0417. The number of hydrogen-bond donors (Lipinski definition) is 3. The van der Waals surface area contributed by atoms with Gasteiger partial charge in [-0.2, -0.15) is 0 Å². The highest BCUT2D eigenvalue weighted by Gasteiger charge is 2.52. The number of benzene rings is 2. The fourth-order valence-corrected chi connectivity index (χ4v) is 4.62. The van der Waals surface area contributed by atoms with E-state index in [-0.39, 0.29) is 11.3 Å². The van der Waals surface area contributed by atoms with Gasteiger partial charge < -0.3 is 20.5 Å². The summed E-state index contributed by atoms with van der Waals surface area (Å²) in [6.07, 6.45) is 1.10. The van der Waals surface area contributed by atoms with Crippen LogP contribution in [0.1, 0.15) is 47.3 Å². The smallest absolute Gasteiger partial charge is 0.255 e. The van der Waals surface area contributed by atoms with Crippen LogP contribution in [0.25, 0.3) is 0 Å². The molecular weight excluding hydrogens is 340 g/mol. The van der Waals surface area contributed by atoms with Crippen molar-refractivity contribution in [1.82, 2.24) is 10.6 Å². The number of aliphatic hydroxyl groups is 1. The highest BCUT2D eigenvalue weighted by Crippen LogP contribution is 2.50. The van der Waals surface area contributed by atoms with Gasteiger partial charge in [0.15, 0.2) is 0 Å². The average Bonchev–Trinajstić information content (AvgIpc) is 2.92. The highest BCUT2D eigenvalue weighted by molar-refractivity contribution is 5.97. The molecule has 2 aromatic carbocycles. The Morgan fingerprint density at radius 3 is 2.67 bits per heavy atom. The molecule has 27 heavy (non-hydrogen) atoms. The molecule has 1 heterocycles. The van der Waals surface area contributed by atoms with Crippen LogP contribution in [0.4, 0.5) is 0 Å². The first-order valence-electron chi connectivity index (χ1n) is 9.68. The Morgan fingerprint density at radius 2 is 1.89 bits per heavy atom. The van der Waals surface area contributed by atoms with Crippen LogP contribution in [0.3, 0.4) is 0 Å². The van der Waals surface area contributed by atoms with Gasteiger partial charge in [0.2, 0.25) is 0 Å². The molecule has 2 aliphatic rings. The lowest BCUT2D eigenvalue weighted by atomic mass is 9.72. The van der Waals surface area contributed by atoms with Gasteiger partial charge in [-0.15, -0.1) is 0 Å². The minimum absolute atomic E-state index is 0.219. The summed E-state index contributed by atoms with van der Waals surface area (Å²) < 4.78 is 5.60. The summed E-state index contributed by atoms with van der Waals surface area (Å²) in [5, 5.41) is 17.7. The topological polar surface area (TPSA) is 70.6 Å². The first-order valence-corrected chi connectivity index (χ1v) is 9.68. The number of hydrogen-bond acceptors (Lipinski definition) is 4. The second-order valence-corrected chi connectivity index (χ2v) is 7.32. The first kappa shape index (κ1) is 18.0. The zero-order valence-corrected chi connectivity index (χ0v) is 15.6. The zero-order chi connectivity index (χ0) is 18.9. The molecule has 2 aromatic rings. The van der Waals surface area contributed by atoms with Gasteiger partial charge in [0, 0.05) is 5.41 Å². The van der Waals surface area contributed by atoms with E-state index in [0.717, 1.165) is 31.5 Å². The molecule has 0 aromatic heterocycles. The van der Waals surface area contributed by atoms with Crippen molar-refractivity contribution in [3.05, 3.63) is 65.2 Å². The maximum atomic E-state index is 13.0.